The van der Waals surface area contributed by atoms with E-state index in [-0.39, 0.29) is 18.2 Å². The molecule has 4 rings (SSSR count). The first-order chi connectivity index (χ1) is 15.8. The van der Waals surface area contributed by atoms with Crippen LogP contribution >= 0.6 is 11.6 Å². The summed E-state index contributed by atoms with van der Waals surface area (Å²) in [5.74, 6) is -1.78. The summed E-state index contributed by atoms with van der Waals surface area (Å²) in [6, 6.07) is 5.15. The van der Waals surface area contributed by atoms with Gasteiger partial charge in [-0.1, -0.05) is 30.5 Å². The minimum Gasteiger partial charge on any atom is -0.368 e. The number of piperidine rings is 1. The van der Waals surface area contributed by atoms with Gasteiger partial charge in [0.05, 0.1) is 0 Å². The lowest BCUT2D eigenvalue weighted by molar-refractivity contribution is -0.131. The Bertz CT molecular complexity index is 1080. The Kier molecular flexibility index (Phi) is 6.88. The number of carbonyl (C=O) groups excluding carboxylic acids is 4. The number of nitrogens with one attached hydrogen (secondary N) is 4. The van der Waals surface area contributed by atoms with Crippen molar-refractivity contribution in [1.82, 2.24) is 20.9 Å². The molecule has 0 spiro atoms. The molecule has 0 radical (unpaired) electrons. The van der Waals surface area contributed by atoms with Crippen molar-refractivity contribution in [3.63, 3.8) is 0 Å². The second kappa shape index (κ2) is 9.82. The molecule has 6 N–H and O–H groups in total. The van der Waals surface area contributed by atoms with Crippen molar-refractivity contribution in [2.45, 2.75) is 50.6 Å². The summed E-state index contributed by atoms with van der Waals surface area (Å²) in [6.07, 6.45) is 4.04. The zero-order chi connectivity index (χ0) is 23.5. The van der Waals surface area contributed by atoms with Crippen LogP contribution in [0.15, 0.2) is 24.3 Å². The van der Waals surface area contributed by atoms with Crippen molar-refractivity contribution < 1.29 is 19.2 Å². The third-order valence-corrected chi connectivity index (χ3v) is 6.53. The van der Waals surface area contributed by atoms with E-state index < -0.39 is 29.8 Å². The number of aromatic nitrogens is 1. The van der Waals surface area contributed by atoms with E-state index in [2.05, 4.69) is 20.9 Å². The second-order valence-corrected chi connectivity index (χ2v) is 9.39. The maximum atomic E-state index is 13.1. The van der Waals surface area contributed by atoms with Gasteiger partial charge in [0.25, 0.3) is 5.91 Å². The molecule has 4 amide bonds. The number of rotatable bonds is 9. The molecule has 33 heavy (non-hydrogen) atoms. The van der Waals surface area contributed by atoms with Crippen LogP contribution in [0.5, 0.6) is 0 Å². The van der Waals surface area contributed by atoms with E-state index in [0.717, 1.165) is 30.2 Å². The fraction of sp³-hybridized carbons (Fsp3) is 0.478. The van der Waals surface area contributed by atoms with E-state index >= 15 is 0 Å². The van der Waals surface area contributed by atoms with E-state index in [1.807, 2.05) is 0 Å². The Hall–Kier alpha value is -3.07. The van der Waals surface area contributed by atoms with Gasteiger partial charge < -0.3 is 26.7 Å². The molecule has 1 saturated heterocycles. The molecule has 2 heterocycles. The van der Waals surface area contributed by atoms with Crippen LogP contribution < -0.4 is 21.7 Å². The Balaban J connectivity index is 1.44. The van der Waals surface area contributed by atoms with Crippen molar-refractivity contribution in [3.05, 3.63) is 35.0 Å². The normalized spacial score (nSPS) is 20.0. The molecule has 176 valence electrons. The molecule has 1 aromatic heterocycles. The molecule has 0 unspecified atom stereocenters. The standard InChI is InChI=1S/C23H28ClN5O4/c24-15-6-5-13-9-19(27-16(13)11-15)23(33)29-18(8-12-3-4-12)22(32)28-17(20(25)30)10-14-2-1-7-26-21(14)31/h5-6,9,11-12,14,17-18,27H,1-4,7-8,10H2,(H2,25,30)(H,26,31)(H,28,32)(H,29,33)/t14-,17-,18-/m0/s1. The fourth-order valence-electron chi connectivity index (χ4n) is 4.24. The smallest absolute Gasteiger partial charge is 0.268 e. The third-order valence-electron chi connectivity index (χ3n) is 6.30. The Labute approximate surface area is 196 Å². The highest BCUT2D eigenvalue weighted by Gasteiger charge is 2.34. The van der Waals surface area contributed by atoms with Gasteiger partial charge in [0.1, 0.15) is 17.8 Å². The fourth-order valence-corrected chi connectivity index (χ4v) is 4.41. The molecule has 1 aliphatic heterocycles. The van der Waals surface area contributed by atoms with Gasteiger partial charge in [-0.05, 0) is 49.8 Å². The lowest BCUT2D eigenvalue weighted by atomic mass is 9.91. The minimum absolute atomic E-state index is 0.136. The number of nitrogens with two attached hydrogens (primary N) is 1. The van der Waals surface area contributed by atoms with Gasteiger partial charge in [-0.3, -0.25) is 19.2 Å². The molecular formula is C23H28ClN5O4. The Morgan fingerprint density at radius 3 is 2.58 bits per heavy atom. The van der Waals surface area contributed by atoms with E-state index in [1.165, 1.54) is 0 Å². The molecule has 1 saturated carbocycles. The van der Waals surface area contributed by atoms with Gasteiger partial charge in [-0.25, -0.2) is 0 Å². The lowest BCUT2D eigenvalue weighted by Crippen LogP contribution is -2.54. The monoisotopic (exact) mass is 473 g/mol. The number of hydrogen-bond donors (Lipinski definition) is 5. The van der Waals surface area contributed by atoms with Gasteiger partial charge >= 0.3 is 0 Å². The molecule has 2 aromatic rings. The van der Waals surface area contributed by atoms with Crippen LogP contribution in [0.4, 0.5) is 0 Å². The number of halogens is 1. The number of H-pyrrole nitrogens is 1. The summed E-state index contributed by atoms with van der Waals surface area (Å²) in [6.45, 7) is 0.610. The highest BCUT2D eigenvalue weighted by molar-refractivity contribution is 6.31. The molecule has 3 atom stereocenters. The van der Waals surface area contributed by atoms with Crippen LogP contribution in [-0.2, 0) is 14.4 Å². The molecule has 1 aliphatic carbocycles. The van der Waals surface area contributed by atoms with Crippen molar-refractivity contribution in [2.75, 3.05) is 6.54 Å². The molecule has 0 bridgehead atoms. The number of amides is 4. The molecular weight excluding hydrogens is 446 g/mol. The van der Waals surface area contributed by atoms with Crippen molar-refractivity contribution in [1.29, 1.82) is 0 Å². The highest BCUT2D eigenvalue weighted by Crippen LogP contribution is 2.33. The van der Waals surface area contributed by atoms with Crippen LogP contribution in [0.3, 0.4) is 0 Å². The number of primary amides is 1. The maximum absolute atomic E-state index is 13.1. The highest BCUT2D eigenvalue weighted by atomic mass is 35.5. The number of carbonyl (C=O) groups is 4. The predicted molar refractivity (Wildman–Crippen MR) is 123 cm³/mol. The lowest BCUT2D eigenvalue weighted by Gasteiger charge is -2.27. The molecule has 1 aromatic carbocycles. The number of hydrogen-bond acceptors (Lipinski definition) is 4. The van der Waals surface area contributed by atoms with E-state index in [1.54, 1.807) is 24.3 Å². The van der Waals surface area contributed by atoms with E-state index in [0.29, 0.717) is 36.0 Å². The molecule has 10 heteroatoms. The Morgan fingerprint density at radius 1 is 1.09 bits per heavy atom. The summed E-state index contributed by atoms with van der Waals surface area (Å²) >= 11 is 6.01. The zero-order valence-electron chi connectivity index (χ0n) is 18.2. The first-order valence-electron chi connectivity index (χ1n) is 11.3. The maximum Gasteiger partial charge on any atom is 0.268 e. The Morgan fingerprint density at radius 2 is 1.88 bits per heavy atom. The summed E-state index contributed by atoms with van der Waals surface area (Å²) < 4.78 is 0. The van der Waals surface area contributed by atoms with Crippen molar-refractivity contribution in [3.8, 4) is 0 Å². The van der Waals surface area contributed by atoms with Crippen molar-refractivity contribution in [2.24, 2.45) is 17.6 Å². The number of fused-ring (bicyclic) bond motifs is 1. The van der Waals surface area contributed by atoms with Crippen LogP contribution in [0.2, 0.25) is 5.02 Å². The average Bonchev–Trinajstić information content (AvgIpc) is 3.49. The predicted octanol–water partition coefficient (Wildman–Crippen LogP) is 1.61. The van der Waals surface area contributed by atoms with E-state index in [9.17, 15) is 19.2 Å². The van der Waals surface area contributed by atoms with Gasteiger partial charge in [0, 0.05) is 28.4 Å². The molecule has 2 fully saturated rings. The van der Waals surface area contributed by atoms with E-state index in [4.69, 9.17) is 17.3 Å². The van der Waals surface area contributed by atoms with Crippen molar-refractivity contribution >= 4 is 46.1 Å². The first-order valence-corrected chi connectivity index (χ1v) is 11.6. The number of aromatic amines is 1. The second-order valence-electron chi connectivity index (χ2n) is 8.95. The van der Waals surface area contributed by atoms with Gasteiger partial charge in [0.15, 0.2) is 0 Å². The SMILES string of the molecule is NC(=O)[C@H](C[C@@H]1CCCNC1=O)NC(=O)[C@H](CC1CC1)NC(=O)c1cc2ccc(Cl)cc2[nH]1. The third kappa shape index (κ3) is 5.84. The minimum atomic E-state index is -0.986. The first kappa shape index (κ1) is 23.1. The van der Waals surface area contributed by atoms with Gasteiger partial charge in [-0.2, -0.15) is 0 Å². The quantitative estimate of drug-likeness (QED) is 0.376. The van der Waals surface area contributed by atoms with Gasteiger partial charge in [-0.15, -0.1) is 0 Å². The number of benzene rings is 1. The van der Waals surface area contributed by atoms with Crippen LogP contribution in [0, 0.1) is 11.8 Å². The summed E-state index contributed by atoms with van der Waals surface area (Å²) in [5, 5.41) is 9.61. The molecule has 2 aliphatic rings. The molecule has 9 nitrogen and oxygen atoms in total. The van der Waals surface area contributed by atoms with Crippen LogP contribution in [-0.4, -0.2) is 47.2 Å². The van der Waals surface area contributed by atoms with Crippen LogP contribution in [0.1, 0.15) is 49.0 Å². The zero-order valence-corrected chi connectivity index (χ0v) is 18.9. The summed E-state index contributed by atoms with van der Waals surface area (Å²) in [5.41, 5.74) is 6.55. The largest absolute Gasteiger partial charge is 0.368 e. The summed E-state index contributed by atoms with van der Waals surface area (Å²) in [7, 11) is 0. The van der Waals surface area contributed by atoms with Gasteiger partial charge in [0.2, 0.25) is 17.7 Å². The average molecular weight is 474 g/mol. The topological polar surface area (TPSA) is 146 Å². The van der Waals surface area contributed by atoms with Crippen LogP contribution in [0.25, 0.3) is 10.9 Å². The summed E-state index contributed by atoms with van der Waals surface area (Å²) in [4.78, 5) is 53.1.